The molecule has 142 valence electrons. The Morgan fingerprint density at radius 3 is 2.68 bits per heavy atom. The van der Waals surface area contributed by atoms with Gasteiger partial charge in [0.25, 0.3) is 0 Å². The summed E-state index contributed by atoms with van der Waals surface area (Å²) >= 11 is 0. The molecule has 28 heavy (non-hydrogen) atoms. The van der Waals surface area contributed by atoms with Crippen LogP contribution in [0.3, 0.4) is 0 Å². The summed E-state index contributed by atoms with van der Waals surface area (Å²) < 4.78 is 5.59. The fourth-order valence-corrected chi connectivity index (χ4v) is 3.26. The van der Waals surface area contributed by atoms with Crippen LogP contribution in [0.5, 0.6) is 5.88 Å². The monoisotopic (exact) mass is 373 g/mol. The first-order chi connectivity index (χ1) is 13.7. The summed E-state index contributed by atoms with van der Waals surface area (Å²) in [7, 11) is 0. The summed E-state index contributed by atoms with van der Waals surface area (Å²) in [5.74, 6) is 1.52. The molecule has 0 atom stereocenters. The number of fused-ring (bicyclic) bond motifs is 1. The number of hydrogen-bond donors (Lipinski definition) is 1. The normalized spacial score (nSPS) is 11.1. The van der Waals surface area contributed by atoms with Gasteiger partial charge in [-0.3, -0.25) is 0 Å². The number of H-pyrrole nitrogens is 1. The third kappa shape index (κ3) is 4.01. The van der Waals surface area contributed by atoms with Crippen LogP contribution in [-0.4, -0.2) is 31.5 Å². The topological polar surface area (TPSA) is 76.6 Å². The molecule has 0 saturated heterocycles. The summed E-state index contributed by atoms with van der Waals surface area (Å²) in [6.45, 7) is 4.63. The van der Waals surface area contributed by atoms with Crippen molar-refractivity contribution in [1.82, 2.24) is 24.9 Å². The highest BCUT2D eigenvalue weighted by molar-refractivity contribution is 5.80. The lowest BCUT2D eigenvalue weighted by Gasteiger charge is -2.08. The molecule has 6 nitrogen and oxygen atoms in total. The van der Waals surface area contributed by atoms with Gasteiger partial charge in [0.05, 0.1) is 6.61 Å². The molecule has 0 aromatic carbocycles. The smallest absolute Gasteiger partial charge is 0.216 e. The molecule has 0 aliphatic carbocycles. The van der Waals surface area contributed by atoms with Crippen LogP contribution < -0.4 is 4.74 Å². The Kier molecular flexibility index (Phi) is 5.28. The van der Waals surface area contributed by atoms with Crippen molar-refractivity contribution in [2.45, 2.75) is 33.1 Å². The Hall–Kier alpha value is -3.28. The molecule has 0 saturated carbocycles. The molecule has 4 aromatic heterocycles. The first-order valence-electron chi connectivity index (χ1n) is 9.52. The molecular formula is C22H23N5O. The number of aromatic nitrogens is 5. The number of hydrogen-bond acceptors (Lipinski definition) is 5. The zero-order valence-corrected chi connectivity index (χ0v) is 16.1. The van der Waals surface area contributed by atoms with Gasteiger partial charge in [-0.1, -0.05) is 6.07 Å². The van der Waals surface area contributed by atoms with Crippen molar-refractivity contribution < 1.29 is 4.74 Å². The van der Waals surface area contributed by atoms with Gasteiger partial charge in [0.15, 0.2) is 0 Å². The van der Waals surface area contributed by atoms with E-state index in [-0.39, 0.29) is 0 Å². The third-order valence-electron chi connectivity index (χ3n) is 4.66. The van der Waals surface area contributed by atoms with Crippen molar-refractivity contribution in [1.29, 1.82) is 0 Å². The third-order valence-corrected chi connectivity index (χ3v) is 4.66. The van der Waals surface area contributed by atoms with E-state index in [0.717, 1.165) is 52.8 Å². The van der Waals surface area contributed by atoms with Crippen LogP contribution in [0.1, 0.15) is 35.0 Å². The van der Waals surface area contributed by atoms with Gasteiger partial charge in [0.1, 0.15) is 11.5 Å². The maximum Gasteiger partial charge on any atom is 0.216 e. The fourth-order valence-electron chi connectivity index (χ4n) is 3.26. The second-order valence-electron chi connectivity index (χ2n) is 6.81. The number of rotatable bonds is 7. The molecule has 0 aliphatic rings. The number of ether oxygens (including phenoxy) is 1. The number of nitrogens with one attached hydrogen (secondary N) is 1. The second kappa shape index (κ2) is 8.17. The minimum atomic E-state index is 0.609. The fraction of sp³-hybridized carbons (Fsp3) is 0.273. The minimum Gasteiger partial charge on any atom is -0.478 e. The molecule has 4 heterocycles. The summed E-state index contributed by atoms with van der Waals surface area (Å²) in [6.07, 6.45) is 11.8. The zero-order chi connectivity index (χ0) is 19.3. The lowest BCUT2D eigenvalue weighted by molar-refractivity contribution is 0.323. The summed E-state index contributed by atoms with van der Waals surface area (Å²) in [4.78, 5) is 21.1. The molecular weight excluding hydrogens is 350 g/mol. The Bertz CT molecular complexity index is 1070. The number of nitrogens with zero attached hydrogens (tertiary/aromatic N) is 4. The van der Waals surface area contributed by atoms with Gasteiger partial charge in [-0.25, -0.2) is 19.9 Å². The highest BCUT2D eigenvalue weighted by Crippen LogP contribution is 2.20. The molecule has 4 rings (SSSR count). The quantitative estimate of drug-likeness (QED) is 0.533. The number of aryl methyl sites for hydroxylation is 3. The van der Waals surface area contributed by atoms with E-state index in [1.54, 1.807) is 6.20 Å². The Morgan fingerprint density at radius 1 is 1.00 bits per heavy atom. The zero-order valence-electron chi connectivity index (χ0n) is 16.1. The van der Waals surface area contributed by atoms with Crippen molar-refractivity contribution in [3.63, 3.8) is 0 Å². The van der Waals surface area contributed by atoms with E-state index in [1.807, 2.05) is 43.8 Å². The summed E-state index contributed by atoms with van der Waals surface area (Å²) in [6, 6.07) is 6.13. The molecule has 0 amide bonds. The molecule has 4 aromatic rings. The molecule has 6 heteroatoms. The number of pyridine rings is 2. The van der Waals surface area contributed by atoms with Gasteiger partial charge in [0.2, 0.25) is 5.88 Å². The van der Waals surface area contributed by atoms with Gasteiger partial charge >= 0.3 is 0 Å². The predicted octanol–water partition coefficient (Wildman–Crippen LogP) is 3.83. The van der Waals surface area contributed by atoms with Gasteiger partial charge in [-0.2, -0.15) is 0 Å². The standard InChI is InChI=1S/C22H23N5O/c1-3-28-22-17(5-4-8-23-22)6-7-20-24-12-16(13-25-20)10-18-14-27-21-19(18)9-15(2)11-26-21/h4-5,8-9,11-14H,3,6-7,10H2,1-2H3,(H,26,27). The van der Waals surface area contributed by atoms with Crippen LogP contribution in [0.15, 0.2) is 49.2 Å². The van der Waals surface area contributed by atoms with Crippen molar-refractivity contribution in [2.24, 2.45) is 0 Å². The molecule has 0 aliphatic heterocycles. The summed E-state index contributed by atoms with van der Waals surface area (Å²) in [5, 5.41) is 1.16. The molecule has 0 spiro atoms. The van der Waals surface area contributed by atoms with E-state index < -0.39 is 0 Å². The average Bonchev–Trinajstić information content (AvgIpc) is 3.10. The maximum atomic E-state index is 5.59. The Labute approximate surface area is 164 Å². The van der Waals surface area contributed by atoms with E-state index in [2.05, 4.69) is 37.9 Å². The van der Waals surface area contributed by atoms with Crippen LogP contribution in [0, 0.1) is 6.92 Å². The van der Waals surface area contributed by atoms with Crippen molar-refractivity contribution in [2.75, 3.05) is 6.61 Å². The van der Waals surface area contributed by atoms with Crippen LogP contribution in [0.25, 0.3) is 11.0 Å². The van der Waals surface area contributed by atoms with Crippen molar-refractivity contribution in [3.05, 3.63) is 77.3 Å². The molecule has 0 fully saturated rings. The van der Waals surface area contributed by atoms with E-state index >= 15 is 0 Å². The van der Waals surface area contributed by atoms with Crippen LogP contribution >= 0.6 is 0 Å². The molecule has 0 radical (unpaired) electrons. The first-order valence-corrected chi connectivity index (χ1v) is 9.52. The van der Waals surface area contributed by atoms with E-state index in [9.17, 15) is 0 Å². The van der Waals surface area contributed by atoms with Crippen molar-refractivity contribution >= 4 is 11.0 Å². The lowest BCUT2D eigenvalue weighted by atomic mass is 10.1. The van der Waals surface area contributed by atoms with Gasteiger partial charge in [-0.05, 0) is 49.1 Å². The Morgan fingerprint density at radius 2 is 1.86 bits per heavy atom. The van der Waals surface area contributed by atoms with Crippen LogP contribution in [0.2, 0.25) is 0 Å². The van der Waals surface area contributed by atoms with E-state index in [1.165, 1.54) is 5.56 Å². The molecule has 1 N–H and O–H groups in total. The van der Waals surface area contributed by atoms with Crippen LogP contribution in [-0.2, 0) is 19.3 Å². The SMILES string of the molecule is CCOc1ncccc1CCc1ncc(Cc2c[nH]c3ncc(C)cc23)cn1. The number of aromatic amines is 1. The highest BCUT2D eigenvalue weighted by Gasteiger charge is 2.08. The first kappa shape index (κ1) is 18.1. The molecule has 0 bridgehead atoms. The predicted molar refractivity (Wildman–Crippen MR) is 108 cm³/mol. The highest BCUT2D eigenvalue weighted by atomic mass is 16.5. The van der Waals surface area contributed by atoms with Gasteiger partial charge in [0, 0.05) is 54.8 Å². The molecule has 0 unspecified atom stereocenters. The van der Waals surface area contributed by atoms with Crippen molar-refractivity contribution in [3.8, 4) is 5.88 Å². The van der Waals surface area contributed by atoms with Crippen LogP contribution in [0.4, 0.5) is 0 Å². The lowest BCUT2D eigenvalue weighted by Crippen LogP contribution is -2.03. The van der Waals surface area contributed by atoms with Gasteiger partial charge in [-0.15, -0.1) is 0 Å². The Balaban J connectivity index is 1.43. The maximum absolute atomic E-state index is 5.59. The van der Waals surface area contributed by atoms with E-state index in [0.29, 0.717) is 12.5 Å². The second-order valence-corrected chi connectivity index (χ2v) is 6.81. The summed E-state index contributed by atoms with van der Waals surface area (Å²) in [5.41, 5.74) is 5.45. The van der Waals surface area contributed by atoms with Gasteiger partial charge < -0.3 is 9.72 Å². The minimum absolute atomic E-state index is 0.609. The average molecular weight is 373 g/mol. The van der Waals surface area contributed by atoms with E-state index in [4.69, 9.17) is 4.74 Å². The largest absolute Gasteiger partial charge is 0.478 e.